The van der Waals surface area contributed by atoms with Gasteiger partial charge in [-0.15, -0.1) is 0 Å². The number of carbonyl (C=O) groups excluding carboxylic acids is 1. The molecule has 3 aromatic carbocycles. The first-order chi connectivity index (χ1) is 13.6. The molecule has 4 aromatic rings. The Hall–Kier alpha value is -2.75. The molecular formula is C23H15Cl2NO2. The fourth-order valence-electron chi connectivity index (χ4n) is 3.83. The highest BCUT2D eigenvalue weighted by atomic mass is 35.5. The second-order valence-electron chi connectivity index (χ2n) is 6.85. The largest absolute Gasteiger partial charge is 0.451 e. The van der Waals surface area contributed by atoms with Crippen LogP contribution in [0.2, 0.25) is 10.0 Å². The predicted molar refractivity (Wildman–Crippen MR) is 113 cm³/mol. The maximum absolute atomic E-state index is 12.8. The quantitative estimate of drug-likeness (QED) is 0.407. The third-order valence-corrected chi connectivity index (χ3v) is 5.71. The molecule has 0 atom stereocenters. The van der Waals surface area contributed by atoms with E-state index in [0.29, 0.717) is 21.4 Å². The lowest BCUT2D eigenvalue weighted by molar-refractivity contribution is 0.0997. The maximum Gasteiger partial charge on any atom is 0.291 e. The molecule has 0 saturated carbocycles. The molecule has 1 aliphatic rings. The number of nitrogens with one attached hydrogen (secondary N) is 1. The van der Waals surface area contributed by atoms with Crippen LogP contribution < -0.4 is 5.32 Å². The Balaban J connectivity index is 1.47. The van der Waals surface area contributed by atoms with Gasteiger partial charge in [0.2, 0.25) is 0 Å². The average molecular weight is 408 g/mol. The normalized spacial score (nSPS) is 12.5. The fraction of sp³-hybridized carbons (Fsp3) is 0.0870. The van der Waals surface area contributed by atoms with Crippen LogP contribution in [-0.2, 0) is 12.8 Å². The summed E-state index contributed by atoms with van der Waals surface area (Å²) in [5.74, 6) is 0.412. The minimum Gasteiger partial charge on any atom is -0.451 e. The number of amides is 1. The first kappa shape index (κ1) is 17.4. The van der Waals surface area contributed by atoms with E-state index in [2.05, 4.69) is 17.4 Å². The molecule has 5 heteroatoms. The summed E-state index contributed by atoms with van der Waals surface area (Å²) in [7, 11) is 0. The number of halogens is 2. The van der Waals surface area contributed by atoms with Gasteiger partial charge < -0.3 is 9.73 Å². The van der Waals surface area contributed by atoms with Crippen LogP contribution >= 0.6 is 23.2 Å². The lowest BCUT2D eigenvalue weighted by Crippen LogP contribution is -2.11. The Morgan fingerprint density at radius 1 is 0.929 bits per heavy atom. The number of furan rings is 1. The summed E-state index contributed by atoms with van der Waals surface area (Å²) in [6.45, 7) is 0. The van der Waals surface area contributed by atoms with E-state index in [1.165, 1.54) is 16.5 Å². The lowest BCUT2D eigenvalue weighted by atomic mass is 10.0. The highest BCUT2D eigenvalue weighted by molar-refractivity contribution is 6.35. The van der Waals surface area contributed by atoms with Crippen LogP contribution in [-0.4, -0.2) is 5.91 Å². The molecule has 0 saturated heterocycles. The van der Waals surface area contributed by atoms with Crippen molar-refractivity contribution in [1.29, 1.82) is 0 Å². The van der Waals surface area contributed by atoms with E-state index in [-0.39, 0.29) is 11.7 Å². The van der Waals surface area contributed by atoms with Crippen molar-refractivity contribution in [3.63, 3.8) is 0 Å². The van der Waals surface area contributed by atoms with Crippen LogP contribution in [0.4, 0.5) is 5.69 Å². The van der Waals surface area contributed by atoms with Gasteiger partial charge in [0, 0.05) is 21.7 Å². The number of carbonyl (C=O) groups is 1. The summed E-state index contributed by atoms with van der Waals surface area (Å²) in [6, 6.07) is 18.8. The van der Waals surface area contributed by atoms with E-state index in [1.54, 1.807) is 30.3 Å². The summed E-state index contributed by atoms with van der Waals surface area (Å²) >= 11 is 12.3. The maximum atomic E-state index is 12.8. The van der Waals surface area contributed by atoms with Crippen LogP contribution in [0.25, 0.3) is 22.1 Å². The minimum atomic E-state index is -0.303. The number of benzene rings is 3. The minimum absolute atomic E-state index is 0.217. The summed E-state index contributed by atoms with van der Waals surface area (Å²) in [4.78, 5) is 12.8. The van der Waals surface area contributed by atoms with Gasteiger partial charge in [0.15, 0.2) is 5.76 Å². The number of hydrogen-bond donors (Lipinski definition) is 1. The molecule has 0 radical (unpaired) electrons. The van der Waals surface area contributed by atoms with Gasteiger partial charge in [0.1, 0.15) is 5.76 Å². The van der Waals surface area contributed by atoms with Crippen molar-refractivity contribution in [3.8, 4) is 11.3 Å². The molecule has 1 N–H and O–H groups in total. The van der Waals surface area contributed by atoms with Crippen LogP contribution in [0.5, 0.6) is 0 Å². The molecule has 3 nitrogen and oxygen atoms in total. The molecule has 138 valence electrons. The molecule has 5 rings (SSSR count). The number of aryl methyl sites for hydroxylation is 2. The molecule has 0 bridgehead atoms. The van der Waals surface area contributed by atoms with E-state index >= 15 is 0 Å². The summed E-state index contributed by atoms with van der Waals surface area (Å²) in [5, 5.41) is 6.36. The van der Waals surface area contributed by atoms with Gasteiger partial charge in [-0.3, -0.25) is 4.79 Å². The van der Waals surface area contributed by atoms with Gasteiger partial charge in [-0.1, -0.05) is 47.5 Å². The van der Waals surface area contributed by atoms with Crippen LogP contribution in [0, 0.1) is 0 Å². The lowest BCUT2D eigenvalue weighted by Gasteiger charge is -2.09. The monoisotopic (exact) mass is 407 g/mol. The molecular weight excluding hydrogens is 393 g/mol. The summed E-state index contributed by atoms with van der Waals surface area (Å²) < 4.78 is 5.76. The Kier molecular flexibility index (Phi) is 4.15. The Labute approximate surface area is 171 Å². The topological polar surface area (TPSA) is 42.2 Å². The summed E-state index contributed by atoms with van der Waals surface area (Å²) in [6.07, 6.45) is 2.10. The van der Waals surface area contributed by atoms with Crippen molar-refractivity contribution in [2.75, 3.05) is 5.32 Å². The molecule has 0 fully saturated rings. The van der Waals surface area contributed by atoms with Crippen molar-refractivity contribution in [2.45, 2.75) is 12.8 Å². The number of anilines is 1. The van der Waals surface area contributed by atoms with Crippen LogP contribution in [0.1, 0.15) is 21.7 Å². The Morgan fingerprint density at radius 2 is 1.75 bits per heavy atom. The van der Waals surface area contributed by atoms with Crippen molar-refractivity contribution in [1.82, 2.24) is 0 Å². The molecule has 1 heterocycles. The van der Waals surface area contributed by atoms with Crippen LogP contribution in [0.15, 0.2) is 65.1 Å². The first-order valence-electron chi connectivity index (χ1n) is 9.00. The molecule has 1 aliphatic carbocycles. The number of rotatable bonds is 3. The highest BCUT2D eigenvalue weighted by Crippen LogP contribution is 2.36. The molecule has 0 spiro atoms. The van der Waals surface area contributed by atoms with Crippen molar-refractivity contribution in [3.05, 3.63) is 87.6 Å². The standard InChI is InChI=1S/C23H15Cl2NO2/c24-15-7-8-18(25)17(12-15)20-10-11-21(28-20)23(27)26-19-9-6-14-5-4-13-2-1-3-16(19)22(13)14/h1-3,6-12H,4-5H2,(H,26,27). The van der Waals surface area contributed by atoms with Crippen LogP contribution in [0.3, 0.4) is 0 Å². The smallest absolute Gasteiger partial charge is 0.291 e. The third-order valence-electron chi connectivity index (χ3n) is 5.15. The zero-order valence-corrected chi connectivity index (χ0v) is 16.3. The first-order valence-corrected chi connectivity index (χ1v) is 9.76. The molecule has 1 amide bonds. The van der Waals surface area contributed by atoms with E-state index in [4.69, 9.17) is 27.6 Å². The summed E-state index contributed by atoms with van der Waals surface area (Å²) in [5.41, 5.74) is 4.10. The van der Waals surface area contributed by atoms with Gasteiger partial charge in [0.25, 0.3) is 5.91 Å². The predicted octanol–water partition coefficient (Wildman–Crippen LogP) is 6.76. The number of hydrogen-bond acceptors (Lipinski definition) is 2. The van der Waals surface area contributed by atoms with Crippen molar-refractivity contribution in [2.24, 2.45) is 0 Å². The van der Waals surface area contributed by atoms with Crippen molar-refractivity contribution < 1.29 is 9.21 Å². The second-order valence-corrected chi connectivity index (χ2v) is 7.70. The van der Waals surface area contributed by atoms with Gasteiger partial charge in [-0.05, 0) is 65.8 Å². The molecule has 28 heavy (non-hydrogen) atoms. The Morgan fingerprint density at radius 3 is 2.61 bits per heavy atom. The van der Waals surface area contributed by atoms with Gasteiger partial charge >= 0.3 is 0 Å². The van der Waals surface area contributed by atoms with Gasteiger partial charge in [0.05, 0.1) is 5.02 Å². The molecule has 0 unspecified atom stereocenters. The second kappa shape index (κ2) is 6.69. The van der Waals surface area contributed by atoms with E-state index in [0.717, 1.165) is 23.9 Å². The molecule has 1 aromatic heterocycles. The fourth-order valence-corrected chi connectivity index (χ4v) is 4.21. The third kappa shape index (κ3) is 2.88. The van der Waals surface area contributed by atoms with Crippen molar-refractivity contribution >= 4 is 45.6 Å². The zero-order valence-electron chi connectivity index (χ0n) is 14.8. The average Bonchev–Trinajstić information content (AvgIpc) is 3.34. The van der Waals surface area contributed by atoms with E-state index in [9.17, 15) is 4.79 Å². The zero-order chi connectivity index (χ0) is 19.3. The van der Waals surface area contributed by atoms with Gasteiger partial charge in [-0.2, -0.15) is 0 Å². The molecule has 0 aliphatic heterocycles. The highest BCUT2D eigenvalue weighted by Gasteiger charge is 2.19. The van der Waals surface area contributed by atoms with E-state index < -0.39 is 0 Å². The Bertz CT molecular complexity index is 1230. The SMILES string of the molecule is O=C(Nc1ccc2c3c(cccc13)CC2)c1ccc(-c2cc(Cl)ccc2Cl)o1. The van der Waals surface area contributed by atoms with Gasteiger partial charge in [-0.25, -0.2) is 0 Å². The van der Waals surface area contributed by atoms with E-state index in [1.807, 2.05) is 18.2 Å².